The van der Waals surface area contributed by atoms with E-state index in [1.54, 1.807) is 11.6 Å². The lowest BCUT2D eigenvalue weighted by atomic mass is 10.2. The Kier molecular flexibility index (Phi) is 3.75. The first-order chi connectivity index (χ1) is 8.91. The van der Waals surface area contributed by atoms with Gasteiger partial charge in [0.2, 0.25) is 5.82 Å². The average Bonchev–Trinajstić information content (AvgIpc) is 3.09. The van der Waals surface area contributed by atoms with Gasteiger partial charge in [-0.1, -0.05) is 0 Å². The molecule has 19 heavy (non-hydrogen) atoms. The molecule has 0 saturated heterocycles. The first kappa shape index (κ1) is 13.8. The molecule has 3 N–H and O–H groups in total. The van der Waals surface area contributed by atoms with Crippen molar-refractivity contribution < 1.29 is 4.92 Å². The summed E-state index contributed by atoms with van der Waals surface area (Å²) >= 11 is 0. The number of nitrogens with one attached hydrogen (secondary N) is 1. The second-order valence-electron chi connectivity index (χ2n) is 5.46. The molecule has 1 aromatic rings. The lowest BCUT2D eigenvalue weighted by Gasteiger charge is -2.15. The van der Waals surface area contributed by atoms with Crippen molar-refractivity contribution in [2.75, 3.05) is 11.9 Å². The SMILES string of the molecule is Cc1nn(C(C)C)c(NCC(N)C2CC2)c1[N+](=O)[O-]. The summed E-state index contributed by atoms with van der Waals surface area (Å²) in [6, 6.07) is 0.113. The highest BCUT2D eigenvalue weighted by Gasteiger charge is 2.30. The Morgan fingerprint density at radius 1 is 1.58 bits per heavy atom. The monoisotopic (exact) mass is 267 g/mol. The highest BCUT2D eigenvalue weighted by atomic mass is 16.6. The van der Waals surface area contributed by atoms with E-state index in [9.17, 15) is 10.1 Å². The minimum Gasteiger partial charge on any atom is -0.363 e. The molecular weight excluding hydrogens is 246 g/mol. The number of aryl methyl sites for hydroxylation is 1. The Morgan fingerprint density at radius 3 is 2.68 bits per heavy atom. The van der Waals surface area contributed by atoms with Crippen LogP contribution in [0.3, 0.4) is 0 Å². The summed E-state index contributed by atoms with van der Waals surface area (Å²) in [6.07, 6.45) is 2.32. The van der Waals surface area contributed by atoms with E-state index in [4.69, 9.17) is 5.73 Å². The Labute approximate surface area is 112 Å². The maximum atomic E-state index is 11.2. The van der Waals surface area contributed by atoms with Crippen LogP contribution in [0.5, 0.6) is 0 Å². The molecule has 2 rings (SSSR count). The van der Waals surface area contributed by atoms with Crippen LogP contribution in [-0.2, 0) is 0 Å². The van der Waals surface area contributed by atoms with Gasteiger partial charge in [0.05, 0.1) is 4.92 Å². The van der Waals surface area contributed by atoms with E-state index in [0.29, 0.717) is 24.0 Å². The number of hydrogen-bond acceptors (Lipinski definition) is 5. The maximum absolute atomic E-state index is 11.2. The molecule has 7 heteroatoms. The van der Waals surface area contributed by atoms with Gasteiger partial charge in [-0.2, -0.15) is 5.10 Å². The second-order valence-corrected chi connectivity index (χ2v) is 5.46. The quantitative estimate of drug-likeness (QED) is 0.605. The normalized spacial score (nSPS) is 16.7. The van der Waals surface area contributed by atoms with Crippen molar-refractivity contribution in [2.24, 2.45) is 11.7 Å². The minimum absolute atomic E-state index is 0.0513. The number of anilines is 1. The summed E-state index contributed by atoms with van der Waals surface area (Å²) in [5.41, 5.74) is 6.51. The van der Waals surface area contributed by atoms with Gasteiger partial charge in [-0.25, -0.2) is 4.68 Å². The van der Waals surface area contributed by atoms with Gasteiger partial charge in [-0.15, -0.1) is 0 Å². The third kappa shape index (κ3) is 2.86. The zero-order valence-corrected chi connectivity index (χ0v) is 11.6. The zero-order chi connectivity index (χ0) is 14.2. The molecule has 0 aliphatic heterocycles. The van der Waals surface area contributed by atoms with Gasteiger partial charge < -0.3 is 11.1 Å². The maximum Gasteiger partial charge on any atom is 0.333 e. The molecule has 0 aromatic carbocycles. The molecule has 0 spiro atoms. The Hall–Kier alpha value is -1.63. The summed E-state index contributed by atoms with van der Waals surface area (Å²) in [5, 5.41) is 18.5. The van der Waals surface area contributed by atoms with Crippen LogP contribution >= 0.6 is 0 Å². The number of nitrogens with two attached hydrogens (primary N) is 1. The summed E-state index contributed by atoms with van der Waals surface area (Å²) in [4.78, 5) is 10.8. The minimum atomic E-state index is -0.383. The van der Waals surface area contributed by atoms with Crippen molar-refractivity contribution in [3.05, 3.63) is 15.8 Å². The van der Waals surface area contributed by atoms with Crippen LogP contribution in [0.1, 0.15) is 38.4 Å². The fourth-order valence-electron chi connectivity index (χ4n) is 2.20. The van der Waals surface area contributed by atoms with E-state index in [2.05, 4.69) is 10.4 Å². The smallest absolute Gasteiger partial charge is 0.333 e. The largest absolute Gasteiger partial charge is 0.363 e. The van der Waals surface area contributed by atoms with Crippen LogP contribution in [-0.4, -0.2) is 27.3 Å². The number of hydrogen-bond donors (Lipinski definition) is 2. The van der Waals surface area contributed by atoms with Gasteiger partial charge in [0, 0.05) is 18.6 Å². The number of nitro groups is 1. The first-order valence-electron chi connectivity index (χ1n) is 6.64. The Balaban J connectivity index is 2.21. The van der Waals surface area contributed by atoms with E-state index < -0.39 is 0 Å². The van der Waals surface area contributed by atoms with Crippen molar-refractivity contribution in [3.8, 4) is 0 Å². The van der Waals surface area contributed by atoms with E-state index in [1.165, 1.54) is 0 Å². The molecule has 1 heterocycles. The van der Waals surface area contributed by atoms with E-state index >= 15 is 0 Å². The first-order valence-corrected chi connectivity index (χ1v) is 6.64. The Morgan fingerprint density at radius 2 is 2.21 bits per heavy atom. The highest BCUT2D eigenvalue weighted by molar-refractivity contribution is 5.59. The molecule has 1 aliphatic carbocycles. The number of aromatic nitrogens is 2. The van der Waals surface area contributed by atoms with Crippen LogP contribution in [0.2, 0.25) is 0 Å². The molecule has 0 radical (unpaired) electrons. The molecule has 0 amide bonds. The topological polar surface area (TPSA) is 99.0 Å². The summed E-state index contributed by atoms with van der Waals surface area (Å²) in [7, 11) is 0. The lowest BCUT2D eigenvalue weighted by molar-refractivity contribution is -0.384. The molecule has 1 unspecified atom stereocenters. The molecule has 1 atom stereocenters. The van der Waals surface area contributed by atoms with Crippen LogP contribution in [0.25, 0.3) is 0 Å². The van der Waals surface area contributed by atoms with Crippen LogP contribution in [0.15, 0.2) is 0 Å². The van der Waals surface area contributed by atoms with Crippen molar-refractivity contribution in [2.45, 2.75) is 45.7 Å². The van der Waals surface area contributed by atoms with Gasteiger partial charge in [-0.05, 0) is 39.5 Å². The predicted octanol–water partition coefficient (Wildman–Crippen LogP) is 1.83. The molecule has 1 aliphatic rings. The van der Waals surface area contributed by atoms with E-state index in [-0.39, 0.29) is 22.7 Å². The van der Waals surface area contributed by atoms with Crippen molar-refractivity contribution >= 4 is 11.5 Å². The molecule has 7 nitrogen and oxygen atoms in total. The van der Waals surface area contributed by atoms with Crippen molar-refractivity contribution in [1.82, 2.24) is 9.78 Å². The van der Waals surface area contributed by atoms with Gasteiger partial charge in [-0.3, -0.25) is 10.1 Å². The molecule has 0 bridgehead atoms. The highest BCUT2D eigenvalue weighted by Crippen LogP contribution is 2.33. The summed E-state index contributed by atoms with van der Waals surface area (Å²) < 4.78 is 1.66. The van der Waals surface area contributed by atoms with Crippen LogP contribution in [0.4, 0.5) is 11.5 Å². The summed E-state index contributed by atoms with van der Waals surface area (Å²) in [5.74, 6) is 1.02. The summed E-state index contributed by atoms with van der Waals surface area (Å²) in [6.45, 7) is 6.09. The van der Waals surface area contributed by atoms with E-state index in [0.717, 1.165) is 12.8 Å². The van der Waals surface area contributed by atoms with Crippen molar-refractivity contribution in [3.63, 3.8) is 0 Å². The Bertz CT molecular complexity index is 479. The van der Waals surface area contributed by atoms with Crippen molar-refractivity contribution in [1.29, 1.82) is 0 Å². The molecule has 1 fully saturated rings. The second kappa shape index (κ2) is 5.16. The van der Waals surface area contributed by atoms with Gasteiger partial charge >= 0.3 is 5.69 Å². The standard InChI is InChI=1S/C12H21N5O2/c1-7(2)16-12(11(17(18)19)8(3)15-16)14-6-10(13)9-4-5-9/h7,9-10,14H,4-6,13H2,1-3H3. The number of nitrogens with zero attached hydrogens (tertiary/aromatic N) is 3. The predicted molar refractivity (Wildman–Crippen MR) is 73.2 cm³/mol. The van der Waals surface area contributed by atoms with Crippen LogP contribution in [0, 0.1) is 23.0 Å². The molecule has 1 aromatic heterocycles. The molecule has 1 saturated carbocycles. The van der Waals surface area contributed by atoms with Crippen LogP contribution < -0.4 is 11.1 Å². The third-order valence-corrected chi connectivity index (χ3v) is 3.46. The van der Waals surface area contributed by atoms with Gasteiger partial charge in [0.25, 0.3) is 0 Å². The lowest BCUT2D eigenvalue weighted by Crippen LogP contribution is -2.31. The fourth-order valence-corrected chi connectivity index (χ4v) is 2.20. The fraction of sp³-hybridized carbons (Fsp3) is 0.750. The number of rotatable bonds is 6. The molecular formula is C12H21N5O2. The van der Waals surface area contributed by atoms with E-state index in [1.807, 2.05) is 13.8 Å². The molecule has 106 valence electrons. The van der Waals surface area contributed by atoms with Gasteiger partial charge in [0.15, 0.2) is 0 Å². The zero-order valence-electron chi connectivity index (χ0n) is 11.6. The average molecular weight is 267 g/mol. The third-order valence-electron chi connectivity index (χ3n) is 3.46. The van der Waals surface area contributed by atoms with Gasteiger partial charge in [0.1, 0.15) is 5.69 Å².